The molecule has 17 heavy (non-hydrogen) atoms. The van der Waals surface area contributed by atoms with E-state index in [-0.39, 0.29) is 5.97 Å². The minimum atomic E-state index is -0.337. The summed E-state index contributed by atoms with van der Waals surface area (Å²) in [5.41, 5.74) is 1.50. The standard InChI is InChI=1S/C13H18N2O2/c1-15(12-4-3-5-12)9-11-7-6-10(8-14-11)13(16)17-2/h6-8,12H,3-5,9H2,1-2H3. The lowest BCUT2D eigenvalue weighted by atomic mass is 9.92. The van der Waals surface area contributed by atoms with Gasteiger partial charge in [0, 0.05) is 18.8 Å². The van der Waals surface area contributed by atoms with Crippen LogP contribution in [0.5, 0.6) is 0 Å². The molecule has 1 aliphatic rings. The van der Waals surface area contributed by atoms with Crippen LogP contribution in [0.25, 0.3) is 0 Å². The smallest absolute Gasteiger partial charge is 0.339 e. The van der Waals surface area contributed by atoms with Gasteiger partial charge in [0.1, 0.15) is 0 Å². The summed E-state index contributed by atoms with van der Waals surface area (Å²) in [6.45, 7) is 0.839. The first-order valence-corrected chi connectivity index (χ1v) is 5.94. The van der Waals surface area contributed by atoms with Crippen molar-refractivity contribution in [1.82, 2.24) is 9.88 Å². The fourth-order valence-electron chi connectivity index (χ4n) is 1.97. The summed E-state index contributed by atoms with van der Waals surface area (Å²) in [7, 11) is 3.50. The normalized spacial score (nSPS) is 15.7. The average Bonchev–Trinajstić information content (AvgIpc) is 2.26. The molecule has 0 unspecified atom stereocenters. The number of esters is 1. The number of hydrogen-bond donors (Lipinski definition) is 0. The molecule has 1 saturated carbocycles. The van der Waals surface area contributed by atoms with E-state index < -0.39 is 0 Å². The quantitative estimate of drug-likeness (QED) is 0.746. The van der Waals surface area contributed by atoms with Gasteiger partial charge in [0.25, 0.3) is 0 Å². The van der Waals surface area contributed by atoms with Crippen LogP contribution in [0.15, 0.2) is 18.3 Å². The van der Waals surface area contributed by atoms with E-state index in [0.717, 1.165) is 12.2 Å². The third kappa shape index (κ3) is 2.82. The topological polar surface area (TPSA) is 42.4 Å². The second-order valence-corrected chi connectivity index (χ2v) is 4.53. The number of hydrogen-bond acceptors (Lipinski definition) is 4. The summed E-state index contributed by atoms with van der Waals surface area (Å²) in [6.07, 6.45) is 5.49. The first-order valence-electron chi connectivity index (χ1n) is 5.94. The fraction of sp³-hybridized carbons (Fsp3) is 0.538. The van der Waals surface area contributed by atoms with Gasteiger partial charge in [-0.25, -0.2) is 4.79 Å². The van der Waals surface area contributed by atoms with E-state index in [0.29, 0.717) is 11.6 Å². The number of methoxy groups -OCH3 is 1. The Kier molecular flexibility index (Phi) is 3.74. The second kappa shape index (κ2) is 5.27. The van der Waals surface area contributed by atoms with Crippen molar-refractivity contribution in [3.63, 3.8) is 0 Å². The van der Waals surface area contributed by atoms with Crippen LogP contribution in [0, 0.1) is 0 Å². The van der Waals surface area contributed by atoms with Crippen LogP contribution >= 0.6 is 0 Å². The van der Waals surface area contributed by atoms with Crippen molar-refractivity contribution in [2.45, 2.75) is 31.8 Å². The molecule has 1 heterocycles. The first-order chi connectivity index (χ1) is 8.20. The molecule has 0 spiro atoms. The Labute approximate surface area is 102 Å². The number of rotatable bonds is 4. The minimum Gasteiger partial charge on any atom is -0.465 e. The molecule has 0 saturated heterocycles. The number of aromatic nitrogens is 1. The zero-order valence-corrected chi connectivity index (χ0v) is 10.3. The van der Waals surface area contributed by atoms with Gasteiger partial charge in [0.15, 0.2) is 0 Å². The summed E-state index contributed by atoms with van der Waals surface area (Å²) in [6, 6.07) is 4.36. The van der Waals surface area contributed by atoms with E-state index in [2.05, 4.69) is 21.7 Å². The van der Waals surface area contributed by atoms with Gasteiger partial charge < -0.3 is 4.74 Å². The Balaban J connectivity index is 1.95. The maximum absolute atomic E-state index is 11.2. The monoisotopic (exact) mass is 234 g/mol. The molecule has 0 radical (unpaired) electrons. The highest BCUT2D eigenvalue weighted by molar-refractivity contribution is 5.88. The molecule has 2 rings (SSSR count). The van der Waals surface area contributed by atoms with Gasteiger partial charge in [-0.05, 0) is 32.0 Å². The van der Waals surface area contributed by atoms with Crippen molar-refractivity contribution in [2.75, 3.05) is 14.2 Å². The van der Waals surface area contributed by atoms with Gasteiger partial charge in [-0.2, -0.15) is 0 Å². The van der Waals surface area contributed by atoms with Crippen molar-refractivity contribution in [2.24, 2.45) is 0 Å². The molecule has 4 heteroatoms. The van der Waals surface area contributed by atoms with Gasteiger partial charge in [-0.15, -0.1) is 0 Å². The van der Waals surface area contributed by atoms with E-state index in [1.807, 2.05) is 6.07 Å². The molecule has 1 aromatic rings. The minimum absolute atomic E-state index is 0.337. The molecule has 0 bridgehead atoms. The van der Waals surface area contributed by atoms with E-state index in [1.54, 1.807) is 12.3 Å². The van der Waals surface area contributed by atoms with Crippen molar-refractivity contribution in [3.05, 3.63) is 29.6 Å². The molecule has 0 aliphatic heterocycles. The average molecular weight is 234 g/mol. The van der Waals surface area contributed by atoms with Crippen LogP contribution in [0.4, 0.5) is 0 Å². The Bertz CT molecular complexity index is 385. The van der Waals surface area contributed by atoms with Crippen LogP contribution in [0.1, 0.15) is 35.3 Å². The van der Waals surface area contributed by atoms with Crippen molar-refractivity contribution in [3.8, 4) is 0 Å². The highest BCUT2D eigenvalue weighted by atomic mass is 16.5. The van der Waals surface area contributed by atoms with E-state index in [1.165, 1.54) is 26.4 Å². The largest absolute Gasteiger partial charge is 0.465 e. The van der Waals surface area contributed by atoms with Crippen LogP contribution in [0.2, 0.25) is 0 Å². The fourth-order valence-corrected chi connectivity index (χ4v) is 1.97. The number of carbonyl (C=O) groups is 1. The summed E-state index contributed by atoms with van der Waals surface area (Å²) in [5, 5.41) is 0. The lowest BCUT2D eigenvalue weighted by Crippen LogP contribution is -2.36. The second-order valence-electron chi connectivity index (χ2n) is 4.53. The lowest BCUT2D eigenvalue weighted by molar-refractivity contribution is 0.0600. The SMILES string of the molecule is COC(=O)c1ccc(CN(C)C2CCC2)nc1. The summed E-state index contributed by atoms with van der Waals surface area (Å²) in [5.74, 6) is -0.337. The molecule has 0 aromatic carbocycles. The highest BCUT2D eigenvalue weighted by Gasteiger charge is 2.22. The lowest BCUT2D eigenvalue weighted by Gasteiger charge is -2.34. The molecule has 92 valence electrons. The summed E-state index contributed by atoms with van der Waals surface area (Å²) < 4.78 is 4.63. The Morgan fingerprint density at radius 2 is 2.29 bits per heavy atom. The van der Waals surface area contributed by atoms with Gasteiger partial charge in [0.2, 0.25) is 0 Å². The molecule has 4 nitrogen and oxygen atoms in total. The Hall–Kier alpha value is -1.42. The summed E-state index contributed by atoms with van der Waals surface area (Å²) in [4.78, 5) is 17.8. The van der Waals surface area contributed by atoms with Crippen LogP contribution in [-0.2, 0) is 11.3 Å². The molecule has 0 atom stereocenters. The third-order valence-electron chi connectivity index (χ3n) is 3.36. The maximum atomic E-state index is 11.2. The molecule has 0 amide bonds. The number of nitrogens with zero attached hydrogens (tertiary/aromatic N) is 2. The third-order valence-corrected chi connectivity index (χ3v) is 3.36. The molecular formula is C13H18N2O2. The van der Waals surface area contributed by atoms with Gasteiger partial charge in [-0.3, -0.25) is 9.88 Å². The molecule has 1 aliphatic carbocycles. The van der Waals surface area contributed by atoms with Gasteiger partial charge >= 0.3 is 5.97 Å². The summed E-state index contributed by atoms with van der Waals surface area (Å²) >= 11 is 0. The molecular weight excluding hydrogens is 216 g/mol. The van der Waals surface area contributed by atoms with Crippen LogP contribution in [-0.4, -0.2) is 36.1 Å². The first kappa shape index (κ1) is 12.0. The Morgan fingerprint density at radius 3 is 2.76 bits per heavy atom. The predicted molar refractivity (Wildman–Crippen MR) is 64.7 cm³/mol. The predicted octanol–water partition coefficient (Wildman–Crippen LogP) is 1.85. The zero-order valence-electron chi connectivity index (χ0n) is 10.3. The number of pyridine rings is 1. The van der Waals surface area contributed by atoms with Gasteiger partial charge in [-0.1, -0.05) is 6.42 Å². The van der Waals surface area contributed by atoms with Crippen molar-refractivity contribution in [1.29, 1.82) is 0 Å². The zero-order chi connectivity index (χ0) is 12.3. The van der Waals surface area contributed by atoms with Crippen LogP contribution < -0.4 is 0 Å². The molecule has 1 fully saturated rings. The van der Waals surface area contributed by atoms with Crippen molar-refractivity contribution >= 4 is 5.97 Å². The number of ether oxygens (including phenoxy) is 1. The van der Waals surface area contributed by atoms with E-state index >= 15 is 0 Å². The van der Waals surface area contributed by atoms with E-state index in [4.69, 9.17) is 0 Å². The van der Waals surface area contributed by atoms with Gasteiger partial charge in [0.05, 0.1) is 18.4 Å². The molecule has 1 aromatic heterocycles. The number of carbonyl (C=O) groups excluding carboxylic acids is 1. The Morgan fingerprint density at radius 1 is 1.53 bits per heavy atom. The van der Waals surface area contributed by atoms with E-state index in [9.17, 15) is 4.79 Å². The maximum Gasteiger partial charge on any atom is 0.339 e. The van der Waals surface area contributed by atoms with Crippen LogP contribution in [0.3, 0.4) is 0 Å². The van der Waals surface area contributed by atoms with Crippen molar-refractivity contribution < 1.29 is 9.53 Å². The highest BCUT2D eigenvalue weighted by Crippen LogP contribution is 2.24. The molecule has 0 N–H and O–H groups in total.